The molecule has 0 fully saturated rings. The number of non-ortho nitro benzene ring substituents is 1. The Bertz CT molecular complexity index is 958. The molecular weight excluding hydrogens is 372 g/mol. The number of hydrogen-bond donors (Lipinski definition) is 0. The fourth-order valence-electron chi connectivity index (χ4n) is 3.00. The van der Waals surface area contributed by atoms with Crippen molar-refractivity contribution in [2.24, 2.45) is 0 Å². The minimum absolute atomic E-state index is 0.0835. The summed E-state index contributed by atoms with van der Waals surface area (Å²) in [6, 6.07) is 16.8. The molecule has 1 aliphatic rings. The van der Waals surface area contributed by atoms with E-state index in [1.54, 1.807) is 12.1 Å². The van der Waals surface area contributed by atoms with E-state index in [1.807, 2.05) is 29.2 Å². The first kappa shape index (κ1) is 15.0. The quantitative estimate of drug-likeness (QED) is 0.467. The Morgan fingerprint density at radius 3 is 2.83 bits per heavy atom. The molecule has 3 aromatic carbocycles. The van der Waals surface area contributed by atoms with Crippen molar-refractivity contribution in [1.29, 1.82) is 0 Å². The van der Waals surface area contributed by atoms with Gasteiger partial charge in [-0.2, -0.15) is 0 Å². The largest absolute Gasteiger partial charge is 0.473 e. The Labute approximate surface area is 146 Å². The monoisotopic (exact) mass is 384 g/mol. The molecule has 0 aliphatic carbocycles. The summed E-state index contributed by atoms with van der Waals surface area (Å²) in [6.45, 7) is 1.02. The number of nitro benzene ring substituents is 1. The van der Waals surface area contributed by atoms with Crippen LogP contribution in [-0.2, 0) is 6.54 Å². The number of ether oxygens (including phenoxy) is 1. The maximum absolute atomic E-state index is 11.0. The third kappa shape index (κ3) is 2.59. The molecule has 24 heavy (non-hydrogen) atoms. The molecule has 0 unspecified atom stereocenters. The third-order valence-corrected chi connectivity index (χ3v) is 4.67. The highest BCUT2D eigenvalue weighted by Gasteiger charge is 2.21. The maximum Gasteiger partial charge on any atom is 0.271 e. The molecule has 0 saturated heterocycles. The number of benzene rings is 3. The fraction of sp³-hybridized carbons (Fsp3) is 0.111. The predicted molar refractivity (Wildman–Crippen MR) is 96.4 cm³/mol. The molecule has 0 aromatic heterocycles. The van der Waals surface area contributed by atoms with Gasteiger partial charge in [-0.3, -0.25) is 10.1 Å². The summed E-state index contributed by atoms with van der Waals surface area (Å²) in [5.74, 6) is 0.867. The van der Waals surface area contributed by atoms with E-state index < -0.39 is 0 Å². The van der Waals surface area contributed by atoms with Gasteiger partial charge >= 0.3 is 0 Å². The van der Waals surface area contributed by atoms with Gasteiger partial charge in [0.2, 0.25) is 0 Å². The van der Waals surface area contributed by atoms with Crippen molar-refractivity contribution in [3.05, 3.63) is 74.7 Å². The van der Waals surface area contributed by atoms with Crippen molar-refractivity contribution in [3.63, 3.8) is 0 Å². The normalized spacial score (nSPS) is 13.5. The van der Waals surface area contributed by atoms with Gasteiger partial charge in [-0.25, -0.2) is 0 Å². The van der Waals surface area contributed by atoms with E-state index in [2.05, 4.69) is 28.1 Å². The van der Waals surface area contributed by atoms with Gasteiger partial charge in [0.25, 0.3) is 5.69 Å². The summed E-state index contributed by atoms with van der Waals surface area (Å²) in [5.41, 5.74) is 1.96. The Morgan fingerprint density at radius 2 is 2.00 bits per heavy atom. The van der Waals surface area contributed by atoms with Crippen molar-refractivity contribution >= 4 is 38.1 Å². The zero-order valence-electron chi connectivity index (χ0n) is 12.6. The summed E-state index contributed by atoms with van der Waals surface area (Å²) in [7, 11) is 0. The van der Waals surface area contributed by atoms with Gasteiger partial charge in [-0.15, -0.1) is 0 Å². The molecule has 5 nitrogen and oxygen atoms in total. The first-order valence-electron chi connectivity index (χ1n) is 7.45. The van der Waals surface area contributed by atoms with Crippen molar-refractivity contribution in [2.75, 3.05) is 11.6 Å². The van der Waals surface area contributed by atoms with Gasteiger partial charge in [0, 0.05) is 27.9 Å². The molecular formula is C18H13BrN2O3. The lowest BCUT2D eigenvalue weighted by Gasteiger charge is -2.31. The van der Waals surface area contributed by atoms with Crippen molar-refractivity contribution in [3.8, 4) is 5.75 Å². The van der Waals surface area contributed by atoms with Crippen LogP contribution in [0.5, 0.6) is 5.75 Å². The summed E-state index contributed by atoms with van der Waals surface area (Å²) in [6.07, 6.45) is 0. The molecule has 3 aromatic rings. The highest BCUT2D eigenvalue weighted by Crippen LogP contribution is 2.35. The van der Waals surface area contributed by atoms with Crippen LogP contribution >= 0.6 is 15.9 Å². The third-order valence-electron chi connectivity index (χ3n) is 4.18. The number of fused-ring (bicyclic) bond motifs is 3. The zero-order chi connectivity index (χ0) is 16.7. The van der Waals surface area contributed by atoms with E-state index in [0.29, 0.717) is 13.3 Å². The second-order valence-electron chi connectivity index (χ2n) is 5.66. The molecule has 0 amide bonds. The number of anilines is 1. The van der Waals surface area contributed by atoms with Crippen molar-refractivity contribution < 1.29 is 9.66 Å². The molecule has 0 N–H and O–H groups in total. The summed E-state index contributed by atoms with van der Waals surface area (Å²) < 4.78 is 6.90. The predicted octanol–water partition coefficient (Wildman–Crippen LogP) is 4.87. The lowest BCUT2D eigenvalue weighted by atomic mass is 10.0. The summed E-state index contributed by atoms with van der Waals surface area (Å²) >= 11 is 3.49. The van der Waals surface area contributed by atoms with Crippen LogP contribution < -0.4 is 9.64 Å². The molecule has 1 aliphatic heterocycles. The Hall–Kier alpha value is -2.60. The topological polar surface area (TPSA) is 55.6 Å². The fourth-order valence-corrected chi connectivity index (χ4v) is 3.38. The van der Waals surface area contributed by atoms with Crippen LogP contribution in [0.1, 0.15) is 5.56 Å². The minimum atomic E-state index is -0.380. The number of hydrogen-bond acceptors (Lipinski definition) is 4. The van der Waals surface area contributed by atoms with Gasteiger partial charge in [-0.1, -0.05) is 34.1 Å². The van der Waals surface area contributed by atoms with E-state index in [-0.39, 0.29) is 10.6 Å². The Kier molecular flexibility index (Phi) is 3.61. The Morgan fingerprint density at radius 1 is 1.12 bits per heavy atom. The second-order valence-corrected chi connectivity index (χ2v) is 6.57. The SMILES string of the molecule is O=[N+]([O-])c1cccc(N2COc3ccc4cc(Br)ccc4c3C2)c1. The molecule has 120 valence electrons. The average molecular weight is 385 g/mol. The summed E-state index contributed by atoms with van der Waals surface area (Å²) in [5, 5.41) is 13.3. The number of rotatable bonds is 2. The summed E-state index contributed by atoms with van der Waals surface area (Å²) in [4.78, 5) is 12.6. The standard InChI is InChI=1S/C18H13BrN2O3/c19-13-5-6-16-12(8-13)4-7-18-17(16)10-20(11-24-18)14-2-1-3-15(9-14)21(22)23/h1-9H,10-11H2. The second kappa shape index (κ2) is 5.79. The average Bonchev–Trinajstić information content (AvgIpc) is 2.61. The van der Waals surface area contributed by atoms with Crippen LogP contribution in [0, 0.1) is 10.1 Å². The van der Waals surface area contributed by atoms with E-state index in [9.17, 15) is 10.1 Å². The lowest BCUT2D eigenvalue weighted by Crippen LogP contribution is -2.32. The first-order valence-corrected chi connectivity index (χ1v) is 8.24. The van der Waals surface area contributed by atoms with Crippen LogP contribution in [0.4, 0.5) is 11.4 Å². The van der Waals surface area contributed by atoms with Gasteiger partial charge in [0.1, 0.15) is 5.75 Å². The lowest BCUT2D eigenvalue weighted by molar-refractivity contribution is -0.384. The van der Waals surface area contributed by atoms with E-state index in [4.69, 9.17) is 4.74 Å². The zero-order valence-corrected chi connectivity index (χ0v) is 14.2. The molecule has 0 saturated carbocycles. The molecule has 0 bridgehead atoms. The molecule has 6 heteroatoms. The number of halogens is 1. The number of nitrogens with zero attached hydrogens (tertiary/aromatic N) is 2. The minimum Gasteiger partial charge on any atom is -0.473 e. The highest BCUT2D eigenvalue weighted by atomic mass is 79.9. The molecule has 0 atom stereocenters. The highest BCUT2D eigenvalue weighted by molar-refractivity contribution is 9.10. The Balaban J connectivity index is 1.75. The smallest absolute Gasteiger partial charge is 0.271 e. The van der Waals surface area contributed by atoms with Gasteiger partial charge in [0.05, 0.1) is 11.5 Å². The van der Waals surface area contributed by atoms with Crippen LogP contribution in [0.3, 0.4) is 0 Å². The molecule has 1 heterocycles. The number of nitro groups is 1. The maximum atomic E-state index is 11.0. The van der Waals surface area contributed by atoms with E-state index in [0.717, 1.165) is 32.2 Å². The molecule has 0 radical (unpaired) electrons. The van der Waals surface area contributed by atoms with Crippen molar-refractivity contribution in [1.82, 2.24) is 0 Å². The molecule has 0 spiro atoms. The van der Waals surface area contributed by atoms with Gasteiger partial charge < -0.3 is 9.64 Å². The van der Waals surface area contributed by atoms with Gasteiger partial charge in [-0.05, 0) is 35.0 Å². The van der Waals surface area contributed by atoms with E-state index >= 15 is 0 Å². The van der Waals surface area contributed by atoms with Crippen LogP contribution in [-0.4, -0.2) is 11.7 Å². The van der Waals surface area contributed by atoms with E-state index in [1.165, 1.54) is 6.07 Å². The van der Waals surface area contributed by atoms with Gasteiger partial charge in [0.15, 0.2) is 6.73 Å². The first-order chi connectivity index (χ1) is 11.6. The molecule has 4 rings (SSSR count). The van der Waals surface area contributed by atoms with Crippen LogP contribution in [0.25, 0.3) is 10.8 Å². The van der Waals surface area contributed by atoms with Crippen LogP contribution in [0.15, 0.2) is 59.1 Å². The van der Waals surface area contributed by atoms with Crippen molar-refractivity contribution in [2.45, 2.75) is 6.54 Å². The van der Waals surface area contributed by atoms with Crippen LogP contribution in [0.2, 0.25) is 0 Å².